The molecule has 3 aromatic rings. The van der Waals surface area contributed by atoms with E-state index in [1.165, 1.54) is 0 Å². The van der Waals surface area contributed by atoms with Crippen molar-refractivity contribution in [2.75, 3.05) is 6.61 Å². The van der Waals surface area contributed by atoms with Gasteiger partial charge in [0.25, 0.3) is 0 Å². The second kappa shape index (κ2) is 7.22. The Morgan fingerprint density at radius 3 is 2.73 bits per heavy atom. The number of rotatable bonds is 5. The van der Waals surface area contributed by atoms with Crippen molar-refractivity contribution in [2.45, 2.75) is 18.2 Å². The maximum Gasteiger partial charge on any atom is 0.244 e. The zero-order valence-electron chi connectivity index (χ0n) is 14.4. The molecule has 1 aliphatic rings. The van der Waals surface area contributed by atoms with Gasteiger partial charge in [0.05, 0.1) is 13.0 Å². The van der Waals surface area contributed by atoms with Crippen LogP contribution in [0.2, 0.25) is 0 Å². The van der Waals surface area contributed by atoms with Crippen molar-refractivity contribution in [1.29, 1.82) is 0 Å². The lowest BCUT2D eigenvalue weighted by molar-refractivity contribution is -0.120. The highest BCUT2D eigenvalue weighted by atomic mass is 32.2. The molecule has 130 valence electrons. The highest BCUT2D eigenvalue weighted by Crippen LogP contribution is 2.43. The molecule has 0 saturated heterocycles. The predicted molar refractivity (Wildman–Crippen MR) is 106 cm³/mol. The van der Waals surface area contributed by atoms with E-state index in [1.807, 2.05) is 55.5 Å². The molecule has 0 aromatic heterocycles. The molecule has 4 rings (SSSR count). The van der Waals surface area contributed by atoms with E-state index in [0.29, 0.717) is 13.0 Å². The molecule has 1 amide bonds. The van der Waals surface area contributed by atoms with Crippen molar-refractivity contribution < 1.29 is 9.53 Å². The number of ether oxygens (including phenoxy) is 1. The van der Waals surface area contributed by atoms with Crippen LogP contribution in [-0.2, 0) is 11.2 Å². The van der Waals surface area contributed by atoms with E-state index in [4.69, 9.17) is 4.74 Å². The number of hydrazone groups is 1. The van der Waals surface area contributed by atoms with Crippen LogP contribution >= 0.6 is 11.8 Å². The third-order valence-corrected chi connectivity index (χ3v) is 5.25. The molecule has 0 atom stereocenters. The SMILES string of the molecule is CCOc1ccc2c3c(cccc13)SC2=NNC(=O)Cc1ccccc1. The third-order valence-electron chi connectivity index (χ3n) is 4.19. The van der Waals surface area contributed by atoms with E-state index < -0.39 is 0 Å². The summed E-state index contributed by atoms with van der Waals surface area (Å²) < 4.78 is 5.74. The van der Waals surface area contributed by atoms with Gasteiger partial charge in [-0.05, 0) is 30.7 Å². The van der Waals surface area contributed by atoms with Crippen LogP contribution in [0.5, 0.6) is 5.75 Å². The Labute approximate surface area is 156 Å². The Kier molecular flexibility index (Phi) is 4.63. The molecule has 1 aliphatic heterocycles. The summed E-state index contributed by atoms with van der Waals surface area (Å²) in [7, 11) is 0. The maximum absolute atomic E-state index is 12.2. The molecule has 0 saturated carbocycles. The number of thioether (sulfide) groups is 1. The highest BCUT2D eigenvalue weighted by molar-refractivity contribution is 8.15. The van der Waals surface area contributed by atoms with Gasteiger partial charge in [0, 0.05) is 21.2 Å². The summed E-state index contributed by atoms with van der Waals surface area (Å²) in [5, 5.41) is 7.40. The lowest BCUT2D eigenvalue weighted by Gasteiger charge is -2.08. The lowest BCUT2D eigenvalue weighted by atomic mass is 10.0. The summed E-state index contributed by atoms with van der Waals surface area (Å²) >= 11 is 1.57. The van der Waals surface area contributed by atoms with Crippen molar-refractivity contribution in [3.63, 3.8) is 0 Å². The molecule has 0 fully saturated rings. The second-order valence-electron chi connectivity index (χ2n) is 5.94. The van der Waals surface area contributed by atoms with Gasteiger partial charge in [-0.1, -0.05) is 54.2 Å². The fourth-order valence-electron chi connectivity index (χ4n) is 3.07. The van der Waals surface area contributed by atoms with Crippen LogP contribution < -0.4 is 10.2 Å². The van der Waals surface area contributed by atoms with Gasteiger partial charge in [-0.25, -0.2) is 5.43 Å². The Bertz CT molecular complexity index is 1000. The Morgan fingerprint density at radius 1 is 1.08 bits per heavy atom. The number of hydrogen-bond donors (Lipinski definition) is 1. The predicted octanol–water partition coefficient (Wildman–Crippen LogP) is 4.36. The number of nitrogens with zero attached hydrogens (tertiary/aromatic N) is 1. The molecule has 0 aliphatic carbocycles. The molecule has 0 radical (unpaired) electrons. The Morgan fingerprint density at radius 2 is 1.92 bits per heavy atom. The molecule has 26 heavy (non-hydrogen) atoms. The van der Waals surface area contributed by atoms with Crippen LogP contribution in [0.4, 0.5) is 0 Å². The number of benzene rings is 3. The molecule has 5 heteroatoms. The summed E-state index contributed by atoms with van der Waals surface area (Å²) in [6.45, 7) is 2.61. The van der Waals surface area contributed by atoms with E-state index in [-0.39, 0.29) is 5.91 Å². The molecule has 4 nitrogen and oxygen atoms in total. The van der Waals surface area contributed by atoms with Crippen LogP contribution in [0.1, 0.15) is 18.1 Å². The fourth-order valence-corrected chi connectivity index (χ4v) is 4.12. The molecule has 3 aromatic carbocycles. The second-order valence-corrected chi connectivity index (χ2v) is 6.97. The molecular formula is C21H18N2O2S. The van der Waals surface area contributed by atoms with Gasteiger partial charge in [0.1, 0.15) is 10.8 Å². The normalized spacial score (nSPS) is 14.0. The van der Waals surface area contributed by atoms with Gasteiger partial charge in [-0.2, -0.15) is 5.10 Å². The van der Waals surface area contributed by atoms with E-state index in [2.05, 4.69) is 22.7 Å². The van der Waals surface area contributed by atoms with Crippen LogP contribution in [-0.4, -0.2) is 17.6 Å². The van der Waals surface area contributed by atoms with Gasteiger partial charge < -0.3 is 4.74 Å². The molecule has 0 spiro atoms. The van der Waals surface area contributed by atoms with Gasteiger partial charge in [-0.15, -0.1) is 0 Å². The minimum absolute atomic E-state index is 0.123. The fraction of sp³-hybridized carbons (Fsp3) is 0.143. The first-order valence-electron chi connectivity index (χ1n) is 8.53. The minimum atomic E-state index is -0.123. The standard InChI is InChI=1S/C21H18N2O2S/c1-2-25-17-12-11-16-20-15(17)9-6-10-18(20)26-21(16)23-22-19(24)13-14-7-4-3-5-8-14/h3-12H,2,13H2,1H3,(H,22,24). The zero-order chi connectivity index (χ0) is 17.9. The molecule has 1 N–H and O–H groups in total. The largest absolute Gasteiger partial charge is 0.493 e. The van der Waals surface area contributed by atoms with Crippen molar-refractivity contribution in [3.05, 3.63) is 71.8 Å². The first-order valence-corrected chi connectivity index (χ1v) is 9.35. The van der Waals surface area contributed by atoms with Crippen LogP contribution in [0.3, 0.4) is 0 Å². The third kappa shape index (κ3) is 3.18. The van der Waals surface area contributed by atoms with Crippen LogP contribution in [0.15, 0.2) is 70.7 Å². The highest BCUT2D eigenvalue weighted by Gasteiger charge is 2.23. The number of nitrogens with one attached hydrogen (secondary N) is 1. The van der Waals surface area contributed by atoms with Crippen LogP contribution in [0.25, 0.3) is 10.8 Å². The Hall–Kier alpha value is -2.79. The summed E-state index contributed by atoms with van der Waals surface area (Å²) in [5.41, 5.74) is 4.69. The van der Waals surface area contributed by atoms with Gasteiger partial charge >= 0.3 is 0 Å². The molecule has 0 bridgehead atoms. The summed E-state index contributed by atoms with van der Waals surface area (Å²) in [6.07, 6.45) is 0.313. The number of amides is 1. The van der Waals surface area contributed by atoms with Gasteiger partial charge in [0.15, 0.2) is 0 Å². The molecular weight excluding hydrogens is 344 g/mol. The zero-order valence-corrected chi connectivity index (χ0v) is 15.2. The average Bonchev–Trinajstić information content (AvgIpc) is 3.02. The minimum Gasteiger partial charge on any atom is -0.493 e. The van der Waals surface area contributed by atoms with E-state index in [9.17, 15) is 4.79 Å². The van der Waals surface area contributed by atoms with E-state index in [0.717, 1.165) is 37.6 Å². The first-order chi connectivity index (χ1) is 12.8. The van der Waals surface area contributed by atoms with Crippen molar-refractivity contribution in [2.24, 2.45) is 5.10 Å². The van der Waals surface area contributed by atoms with Crippen LogP contribution in [0, 0.1) is 0 Å². The summed E-state index contributed by atoms with van der Waals surface area (Å²) in [5.74, 6) is 0.755. The van der Waals surface area contributed by atoms with Crippen molar-refractivity contribution >= 4 is 33.5 Å². The number of carbonyl (C=O) groups is 1. The van der Waals surface area contributed by atoms with Crippen molar-refractivity contribution in [1.82, 2.24) is 5.43 Å². The average molecular weight is 362 g/mol. The van der Waals surface area contributed by atoms with E-state index >= 15 is 0 Å². The smallest absolute Gasteiger partial charge is 0.244 e. The number of carbonyl (C=O) groups excluding carboxylic acids is 1. The Balaban J connectivity index is 1.58. The number of hydrogen-bond acceptors (Lipinski definition) is 4. The van der Waals surface area contributed by atoms with Gasteiger partial charge in [0.2, 0.25) is 5.91 Å². The quantitative estimate of drug-likeness (QED) is 0.686. The molecule has 0 unspecified atom stereocenters. The summed E-state index contributed by atoms with van der Waals surface area (Å²) in [6, 6.07) is 19.8. The first kappa shape index (κ1) is 16.7. The monoisotopic (exact) mass is 362 g/mol. The lowest BCUT2D eigenvalue weighted by Crippen LogP contribution is -2.20. The summed E-state index contributed by atoms with van der Waals surface area (Å²) in [4.78, 5) is 13.3. The topological polar surface area (TPSA) is 50.7 Å². The molecule has 1 heterocycles. The van der Waals surface area contributed by atoms with E-state index in [1.54, 1.807) is 11.8 Å². The van der Waals surface area contributed by atoms with Gasteiger partial charge in [-0.3, -0.25) is 4.79 Å². The van der Waals surface area contributed by atoms with Crippen molar-refractivity contribution in [3.8, 4) is 5.75 Å². The maximum atomic E-state index is 12.2.